The lowest BCUT2D eigenvalue weighted by atomic mass is 10.1. The van der Waals surface area contributed by atoms with E-state index < -0.39 is 0 Å². The summed E-state index contributed by atoms with van der Waals surface area (Å²) >= 11 is 2.03. The Balaban J connectivity index is 2.20. The van der Waals surface area contributed by atoms with Crippen molar-refractivity contribution in [3.63, 3.8) is 0 Å². The van der Waals surface area contributed by atoms with Crippen molar-refractivity contribution >= 4 is 11.8 Å². The maximum absolute atomic E-state index is 9.10. The van der Waals surface area contributed by atoms with Crippen LogP contribution in [0.5, 0.6) is 0 Å². The molecule has 0 aromatic rings. The molecule has 0 aromatic carbocycles. The van der Waals surface area contributed by atoms with Crippen molar-refractivity contribution in [1.82, 2.24) is 5.32 Å². The smallest absolute Gasteiger partial charge is 0.0636 e. The summed E-state index contributed by atoms with van der Waals surface area (Å²) in [4.78, 5) is 0. The zero-order valence-electron chi connectivity index (χ0n) is 7.92. The zero-order chi connectivity index (χ0) is 8.97. The molecule has 0 bridgehead atoms. The molecule has 1 saturated heterocycles. The highest BCUT2D eigenvalue weighted by atomic mass is 32.2. The molecule has 0 spiro atoms. The van der Waals surface area contributed by atoms with E-state index in [9.17, 15) is 0 Å². The number of hydrogen-bond donors (Lipinski definition) is 2. The molecule has 1 fully saturated rings. The Morgan fingerprint density at radius 1 is 1.67 bits per heavy atom. The Bertz CT molecular complexity index is 130. The van der Waals surface area contributed by atoms with Crippen LogP contribution >= 0.6 is 11.8 Å². The topological polar surface area (TPSA) is 32.3 Å². The van der Waals surface area contributed by atoms with Crippen molar-refractivity contribution in [2.45, 2.75) is 44.1 Å². The van der Waals surface area contributed by atoms with Crippen LogP contribution in [-0.2, 0) is 0 Å². The monoisotopic (exact) mass is 189 g/mol. The summed E-state index contributed by atoms with van der Waals surface area (Å²) in [7, 11) is 0. The van der Waals surface area contributed by atoms with Gasteiger partial charge < -0.3 is 10.4 Å². The largest absolute Gasteiger partial charge is 0.392 e. The molecule has 2 unspecified atom stereocenters. The van der Waals surface area contributed by atoms with E-state index in [0.29, 0.717) is 11.3 Å². The molecule has 2 N–H and O–H groups in total. The summed E-state index contributed by atoms with van der Waals surface area (Å²) in [5, 5.41) is 13.2. The molecular formula is C9H19NOS. The average molecular weight is 189 g/mol. The maximum Gasteiger partial charge on any atom is 0.0636 e. The van der Waals surface area contributed by atoms with E-state index in [1.54, 1.807) is 0 Å². The van der Waals surface area contributed by atoms with Gasteiger partial charge >= 0.3 is 0 Å². The van der Waals surface area contributed by atoms with Gasteiger partial charge in [-0.15, -0.1) is 0 Å². The van der Waals surface area contributed by atoms with E-state index in [-0.39, 0.29) is 6.10 Å². The van der Waals surface area contributed by atoms with Gasteiger partial charge in [0.2, 0.25) is 0 Å². The fourth-order valence-corrected chi connectivity index (χ4v) is 2.68. The summed E-state index contributed by atoms with van der Waals surface area (Å²) in [6.07, 6.45) is 2.36. The number of rotatable bonds is 3. The van der Waals surface area contributed by atoms with Crippen molar-refractivity contribution in [1.29, 1.82) is 0 Å². The van der Waals surface area contributed by atoms with Crippen molar-refractivity contribution in [2.24, 2.45) is 0 Å². The predicted octanol–water partition coefficient (Wildman–Crippen LogP) is 1.24. The molecular weight excluding hydrogens is 170 g/mol. The van der Waals surface area contributed by atoms with Gasteiger partial charge in [0.05, 0.1) is 6.10 Å². The molecule has 2 nitrogen and oxygen atoms in total. The van der Waals surface area contributed by atoms with Crippen LogP contribution in [0.3, 0.4) is 0 Å². The second kappa shape index (κ2) is 5.10. The van der Waals surface area contributed by atoms with Crippen molar-refractivity contribution in [2.75, 3.05) is 12.3 Å². The highest BCUT2D eigenvalue weighted by Gasteiger charge is 2.20. The fourth-order valence-electron chi connectivity index (χ4n) is 1.51. The first-order valence-corrected chi connectivity index (χ1v) is 5.78. The number of thioether (sulfide) groups is 1. The van der Waals surface area contributed by atoms with Crippen LogP contribution in [0.15, 0.2) is 0 Å². The van der Waals surface area contributed by atoms with Crippen molar-refractivity contribution in [3.8, 4) is 0 Å². The SMILES string of the molecule is CC1SCCCC1NC[C@@H](C)O. The normalized spacial score (nSPS) is 33.2. The minimum Gasteiger partial charge on any atom is -0.392 e. The van der Waals surface area contributed by atoms with Crippen LogP contribution in [0.2, 0.25) is 0 Å². The van der Waals surface area contributed by atoms with Crippen LogP contribution in [0.1, 0.15) is 26.7 Å². The molecule has 1 aliphatic heterocycles. The Kier molecular flexibility index (Phi) is 4.40. The van der Waals surface area contributed by atoms with Crippen molar-refractivity contribution in [3.05, 3.63) is 0 Å². The summed E-state index contributed by atoms with van der Waals surface area (Å²) < 4.78 is 0. The molecule has 72 valence electrons. The van der Waals surface area contributed by atoms with E-state index in [2.05, 4.69) is 12.2 Å². The Morgan fingerprint density at radius 2 is 2.42 bits per heavy atom. The lowest BCUT2D eigenvalue weighted by Crippen LogP contribution is -2.42. The van der Waals surface area contributed by atoms with E-state index in [1.807, 2.05) is 18.7 Å². The van der Waals surface area contributed by atoms with Gasteiger partial charge in [0.1, 0.15) is 0 Å². The van der Waals surface area contributed by atoms with Crippen LogP contribution in [0.25, 0.3) is 0 Å². The van der Waals surface area contributed by atoms with Gasteiger partial charge in [-0.3, -0.25) is 0 Å². The first-order chi connectivity index (χ1) is 5.70. The molecule has 1 aliphatic rings. The minimum absolute atomic E-state index is 0.218. The van der Waals surface area contributed by atoms with Gasteiger partial charge in [-0.25, -0.2) is 0 Å². The molecule has 3 atom stereocenters. The number of nitrogens with one attached hydrogen (secondary N) is 1. The number of hydrogen-bond acceptors (Lipinski definition) is 3. The Morgan fingerprint density at radius 3 is 3.00 bits per heavy atom. The van der Waals surface area contributed by atoms with Gasteiger partial charge in [-0.1, -0.05) is 6.92 Å². The first-order valence-electron chi connectivity index (χ1n) is 4.73. The quantitative estimate of drug-likeness (QED) is 0.700. The molecule has 12 heavy (non-hydrogen) atoms. The number of aliphatic hydroxyl groups excluding tert-OH is 1. The van der Waals surface area contributed by atoms with Crippen molar-refractivity contribution < 1.29 is 5.11 Å². The number of aliphatic hydroxyl groups is 1. The molecule has 1 heterocycles. The van der Waals surface area contributed by atoms with E-state index >= 15 is 0 Å². The maximum atomic E-state index is 9.10. The molecule has 0 saturated carbocycles. The molecule has 0 aliphatic carbocycles. The Labute approximate surface area is 79.1 Å². The minimum atomic E-state index is -0.218. The zero-order valence-corrected chi connectivity index (χ0v) is 8.73. The van der Waals surface area contributed by atoms with E-state index in [0.717, 1.165) is 6.54 Å². The van der Waals surface area contributed by atoms with Gasteiger partial charge in [0, 0.05) is 17.8 Å². The second-order valence-electron chi connectivity index (χ2n) is 3.58. The third kappa shape index (κ3) is 3.33. The fraction of sp³-hybridized carbons (Fsp3) is 1.00. The third-order valence-electron chi connectivity index (χ3n) is 2.28. The molecule has 3 heteroatoms. The van der Waals surface area contributed by atoms with Crippen LogP contribution in [0, 0.1) is 0 Å². The van der Waals surface area contributed by atoms with Gasteiger partial charge in [0.15, 0.2) is 0 Å². The standard InChI is InChI=1S/C9H19NOS/c1-7(11)6-10-9-4-3-5-12-8(9)2/h7-11H,3-6H2,1-2H3/t7-,8?,9?/m1/s1. The lowest BCUT2D eigenvalue weighted by Gasteiger charge is -2.29. The van der Waals surface area contributed by atoms with Gasteiger partial charge in [-0.05, 0) is 25.5 Å². The lowest BCUT2D eigenvalue weighted by molar-refractivity contribution is 0.184. The van der Waals surface area contributed by atoms with Gasteiger partial charge in [0.25, 0.3) is 0 Å². The molecule has 1 rings (SSSR count). The Hall–Kier alpha value is 0.270. The first kappa shape index (κ1) is 10.4. The second-order valence-corrected chi connectivity index (χ2v) is 5.07. The molecule has 0 amide bonds. The van der Waals surface area contributed by atoms with E-state index in [1.165, 1.54) is 18.6 Å². The van der Waals surface area contributed by atoms with Crippen LogP contribution < -0.4 is 5.32 Å². The summed E-state index contributed by atoms with van der Waals surface area (Å²) in [5.74, 6) is 1.30. The summed E-state index contributed by atoms with van der Waals surface area (Å²) in [6.45, 7) is 4.83. The predicted molar refractivity (Wildman–Crippen MR) is 54.6 cm³/mol. The molecule has 0 radical (unpaired) electrons. The third-order valence-corrected chi connectivity index (χ3v) is 3.66. The highest BCUT2D eigenvalue weighted by molar-refractivity contribution is 7.99. The highest BCUT2D eigenvalue weighted by Crippen LogP contribution is 2.24. The van der Waals surface area contributed by atoms with Gasteiger partial charge in [-0.2, -0.15) is 11.8 Å². The van der Waals surface area contributed by atoms with Crippen LogP contribution in [-0.4, -0.2) is 34.8 Å². The molecule has 0 aromatic heterocycles. The summed E-state index contributed by atoms with van der Waals surface area (Å²) in [6, 6.07) is 0.610. The van der Waals surface area contributed by atoms with Crippen LogP contribution in [0.4, 0.5) is 0 Å². The average Bonchev–Trinajstić information content (AvgIpc) is 2.03. The van der Waals surface area contributed by atoms with E-state index in [4.69, 9.17) is 5.11 Å². The summed E-state index contributed by atoms with van der Waals surface area (Å²) in [5.41, 5.74) is 0.